The third kappa shape index (κ3) is 4.39. The van der Waals surface area contributed by atoms with Crippen LogP contribution in [0.15, 0.2) is 152 Å². The first kappa shape index (κ1) is 30.1. The highest BCUT2D eigenvalue weighted by molar-refractivity contribution is 6.34. The second-order valence-corrected chi connectivity index (χ2v) is 13.1. The van der Waals surface area contributed by atoms with Gasteiger partial charge in [-0.1, -0.05) is 60.7 Å². The fourth-order valence-electron chi connectivity index (χ4n) is 7.89. The maximum Gasteiger partial charge on any atom is 0.266 e. The lowest BCUT2D eigenvalue weighted by Crippen LogP contribution is -2.29. The minimum absolute atomic E-state index is 0.366. The number of benzene rings is 7. The van der Waals surface area contributed by atoms with Gasteiger partial charge in [-0.05, 0) is 102 Å². The van der Waals surface area contributed by atoms with E-state index in [1.54, 1.807) is 42.5 Å². The van der Waals surface area contributed by atoms with Crippen molar-refractivity contribution >= 4 is 61.1 Å². The SMILES string of the molecule is N#Cc1ccc(-n2c3ccccc3c3cc(-c4ccc5c(c4)c4ccccc4n5-c4cc(N5C(=O)c6ccccc6C5=O)ccc4C#N)ccc32)cc1. The van der Waals surface area contributed by atoms with Crippen LogP contribution in [0.5, 0.6) is 0 Å². The molecular formula is C46H25N5O2. The molecule has 0 saturated heterocycles. The molecule has 53 heavy (non-hydrogen) atoms. The number of para-hydroxylation sites is 2. The first-order chi connectivity index (χ1) is 26.0. The molecule has 7 nitrogen and oxygen atoms in total. The van der Waals surface area contributed by atoms with Gasteiger partial charge in [0.2, 0.25) is 0 Å². The van der Waals surface area contributed by atoms with Gasteiger partial charge in [0.15, 0.2) is 0 Å². The molecule has 0 atom stereocenters. The number of nitrogens with zero attached hydrogens (tertiary/aromatic N) is 5. The number of aromatic nitrogens is 2. The zero-order valence-corrected chi connectivity index (χ0v) is 28.0. The van der Waals surface area contributed by atoms with Crippen LogP contribution in [0.3, 0.4) is 0 Å². The molecule has 0 aliphatic carbocycles. The highest BCUT2D eigenvalue weighted by Crippen LogP contribution is 2.40. The van der Waals surface area contributed by atoms with Crippen molar-refractivity contribution in [3.63, 3.8) is 0 Å². The number of carbonyl (C=O) groups is 2. The number of rotatable bonds is 4. The van der Waals surface area contributed by atoms with Crippen LogP contribution in [-0.2, 0) is 0 Å². The van der Waals surface area contributed by atoms with E-state index in [-0.39, 0.29) is 11.8 Å². The molecule has 10 rings (SSSR count). The van der Waals surface area contributed by atoms with E-state index in [0.717, 1.165) is 60.4 Å². The minimum Gasteiger partial charge on any atom is -0.309 e. The molecule has 0 spiro atoms. The van der Waals surface area contributed by atoms with E-state index >= 15 is 0 Å². The lowest BCUT2D eigenvalue weighted by atomic mass is 10.0. The van der Waals surface area contributed by atoms with Crippen LogP contribution in [0.2, 0.25) is 0 Å². The Morgan fingerprint density at radius 3 is 1.53 bits per heavy atom. The molecule has 0 saturated carbocycles. The monoisotopic (exact) mass is 679 g/mol. The number of anilines is 1. The Bertz CT molecular complexity index is 3100. The van der Waals surface area contributed by atoms with Crippen molar-refractivity contribution in [2.24, 2.45) is 0 Å². The smallest absolute Gasteiger partial charge is 0.266 e. The van der Waals surface area contributed by atoms with Crippen molar-refractivity contribution < 1.29 is 9.59 Å². The summed E-state index contributed by atoms with van der Waals surface area (Å²) in [6.07, 6.45) is 0. The second-order valence-electron chi connectivity index (χ2n) is 13.1. The van der Waals surface area contributed by atoms with Crippen LogP contribution >= 0.6 is 0 Å². The first-order valence-electron chi connectivity index (χ1n) is 17.1. The molecule has 7 heteroatoms. The van der Waals surface area contributed by atoms with E-state index < -0.39 is 0 Å². The maximum atomic E-state index is 13.4. The van der Waals surface area contributed by atoms with Crippen molar-refractivity contribution in [3.8, 4) is 34.6 Å². The molecular weight excluding hydrogens is 655 g/mol. The zero-order valence-electron chi connectivity index (χ0n) is 28.0. The highest BCUT2D eigenvalue weighted by Gasteiger charge is 2.36. The number of carbonyl (C=O) groups excluding carboxylic acids is 2. The molecule has 0 bridgehead atoms. The van der Waals surface area contributed by atoms with Crippen molar-refractivity contribution in [1.29, 1.82) is 10.5 Å². The third-order valence-electron chi connectivity index (χ3n) is 10.3. The van der Waals surface area contributed by atoms with E-state index in [0.29, 0.717) is 33.6 Å². The van der Waals surface area contributed by atoms with Crippen LogP contribution in [0.25, 0.3) is 66.1 Å². The van der Waals surface area contributed by atoms with Crippen LogP contribution in [0.4, 0.5) is 5.69 Å². The Balaban J connectivity index is 1.13. The number of imide groups is 1. The normalized spacial score (nSPS) is 12.5. The predicted octanol–water partition coefficient (Wildman–Crippen LogP) is 10.1. The number of amides is 2. The van der Waals surface area contributed by atoms with Gasteiger partial charge >= 0.3 is 0 Å². The molecule has 246 valence electrons. The van der Waals surface area contributed by atoms with E-state index in [9.17, 15) is 20.1 Å². The summed E-state index contributed by atoms with van der Waals surface area (Å²) >= 11 is 0. The Labute approximate surface area is 303 Å². The molecule has 0 N–H and O–H groups in total. The van der Waals surface area contributed by atoms with E-state index in [1.165, 1.54) is 4.90 Å². The van der Waals surface area contributed by atoms with Gasteiger partial charge in [-0.25, -0.2) is 4.90 Å². The predicted molar refractivity (Wildman–Crippen MR) is 208 cm³/mol. The average Bonchev–Trinajstić information content (AvgIpc) is 3.81. The molecule has 1 aliphatic heterocycles. The van der Waals surface area contributed by atoms with Crippen LogP contribution < -0.4 is 4.90 Å². The van der Waals surface area contributed by atoms with Gasteiger partial charge < -0.3 is 9.13 Å². The summed E-state index contributed by atoms with van der Waals surface area (Å²) in [4.78, 5) is 28.0. The summed E-state index contributed by atoms with van der Waals surface area (Å²) < 4.78 is 4.28. The molecule has 2 aromatic heterocycles. The Kier molecular flexibility index (Phi) is 6.47. The topological polar surface area (TPSA) is 94.8 Å². The van der Waals surface area contributed by atoms with Crippen molar-refractivity contribution in [3.05, 3.63) is 174 Å². The summed E-state index contributed by atoms with van der Waals surface area (Å²) in [6.45, 7) is 0. The molecule has 1 aliphatic rings. The maximum absolute atomic E-state index is 13.4. The number of nitriles is 2. The number of hydrogen-bond donors (Lipinski definition) is 0. The molecule has 0 unspecified atom stereocenters. The van der Waals surface area contributed by atoms with Gasteiger partial charge in [-0.3, -0.25) is 9.59 Å². The van der Waals surface area contributed by atoms with Gasteiger partial charge in [0.05, 0.1) is 61.8 Å². The standard InChI is InChI=1S/C46H25N5O2/c47-26-28-13-18-32(19-14-28)49-40-11-5-3-7-34(40)38-23-29(16-21-42(38)49)30-17-22-43-39(24-30)35-8-4-6-12-41(35)51(43)44-25-33(20-15-31(44)27-48)50-45(52)36-9-1-2-10-37(36)46(50)53/h1-25H. The molecule has 0 radical (unpaired) electrons. The van der Waals surface area contributed by atoms with E-state index in [2.05, 4.69) is 77.4 Å². The number of hydrogen-bond acceptors (Lipinski definition) is 4. The largest absolute Gasteiger partial charge is 0.309 e. The van der Waals surface area contributed by atoms with Crippen molar-refractivity contribution in [2.75, 3.05) is 4.90 Å². The Morgan fingerprint density at radius 2 is 0.943 bits per heavy atom. The first-order valence-corrected chi connectivity index (χ1v) is 17.1. The van der Waals surface area contributed by atoms with Gasteiger partial charge in [-0.2, -0.15) is 10.5 Å². The molecule has 3 heterocycles. The Morgan fingerprint density at radius 1 is 0.434 bits per heavy atom. The summed E-state index contributed by atoms with van der Waals surface area (Å²) in [5, 5.41) is 23.9. The second kappa shape index (κ2) is 11.4. The van der Waals surface area contributed by atoms with Crippen LogP contribution in [0, 0.1) is 22.7 Å². The van der Waals surface area contributed by atoms with Crippen LogP contribution in [-0.4, -0.2) is 20.9 Å². The summed E-state index contributed by atoms with van der Waals surface area (Å²) in [5.74, 6) is -0.768. The number of fused-ring (bicyclic) bond motifs is 7. The van der Waals surface area contributed by atoms with E-state index in [1.807, 2.05) is 53.1 Å². The highest BCUT2D eigenvalue weighted by atomic mass is 16.2. The third-order valence-corrected chi connectivity index (χ3v) is 10.3. The minimum atomic E-state index is -0.384. The van der Waals surface area contributed by atoms with Crippen molar-refractivity contribution in [1.82, 2.24) is 9.13 Å². The molecule has 2 amide bonds. The van der Waals surface area contributed by atoms with Gasteiger partial charge in [0, 0.05) is 27.2 Å². The quantitative estimate of drug-likeness (QED) is 0.173. The fraction of sp³-hybridized carbons (Fsp3) is 0. The summed E-state index contributed by atoms with van der Waals surface area (Å²) in [5.41, 5.74) is 9.78. The molecule has 9 aromatic rings. The molecule has 0 fully saturated rings. The zero-order chi connectivity index (χ0) is 35.8. The molecule has 7 aromatic carbocycles. The summed E-state index contributed by atoms with van der Waals surface area (Å²) in [6, 6.07) is 53.4. The van der Waals surface area contributed by atoms with E-state index in [4.69, 9.17) is 0 Å². The average molecular weight is 680 g/mol. The fourth-order valence-corrected chi connectivity index (χ4v) is 7.89. The summed E-state index contributed by atoms with van der Waals surface area (Å²) in [7, 11) is 0. The lowest BCUT2D eigenvalue weighted by Gasteiger charge is -2.17. The van der Waals surface area contributed by atoms with Gasteiger partial charge in [0.1, 0.15) is 6.07 Å². The van der Waals surface area contributed by atoms with Gasteiger partial charge in [-0.15, -0.1) is 0 Å². The lowest BCUT2D eigenvalue weighted by molar-refractivity contribution is 0.0926. The van der Waals surface area contributed by atoms with Gasteiger partial charge in [0.25, 0.3) is 11.8 Å². The van der Waals surface area contributed by atoms with Crippen LogP contribution in [0.1, 0.15) is 31.8 Å². The Hall–Kier alpha value is -7.74. The van der Waals surface area contributed by atoms with Crippen molar-refractivity contribution in [2.45, 2.75) is 0 Å².